The molecule has 0 spiro atoms. The van der Waals surface area contributed by atoms with E-state index in [4.69, 9.17) is 22.2 Å². The van der Waals surface area contributed by atoms with E-state index in [9.17, 15) is 0 Å². The van der Waals surface area contributed by atoms with E-state index in [0.29, 0.717) is 6.61 Å². The van der Waals surface area contributed by atoms with Crippen molar-refractivity contribution in [3.05, 3.63) is 34.9 Å². The highest BCUT2D eigenvalue weighted by atomic mass is 35.5. The molecule has 0 saturated heterocycles. The molecule has 0 aliphatic rings. The van der Waals surface area contributed by atoms with Gasteiger partial charge < -0.3 is 4.74 Å². The Labute approximate surface area is 102 Å². The van der Waals surface area contributed by atoms with E-state index in [1.165, 1.54) is 0 Å². The minimum atomic E-state index is 0.0855. The molecule has 0 amide bonds. The quantitative estimate of drug-likeness (QED) is 0.594. The first-order valence-electron chi connectivity index (χ1n) is 5.44. The van der Waals surface area contributed by atoms with Crippen molar-refractivity contribution in [1.29, 1.82) is 0 Å². The Kier molecular flexibility index (Phi) is 5.77. The molecule has 0 heterocycles. The average molecular weight is 243 g/mol. The monoisotopic (exact) mass is 242 g/mol. The smallest absolute Gasteiger partial charge is 0.0639 e. The standard InChI is InChI=1S/C12H19ClN2O/c1-9(2)16-8-11(15-14)7-10-5-3-4-6-12(10)13/h3-6,9,11,15H,7-8,14H2,1-2H3. The fourth-order valence-corrected chi connectivity index (χ4v) is 1.62. The molecule has 1 aromatic rings. The zero-order chi connectivity index (χ0) is 12.0. The molecule has 0 aliphatic heterocycles. The molecule has 0 bridgehead atoms. The Bertz CT molecular complexity index is 318. The Morgan fingerprint density at radius 2 is 2.06 bits per heavy atom. The second-order valence-corrected chi connectivity index (χ2v) is 4.45. The highest BCUT2D eigenvalue weighted by Gasteiger charge is 2.10. The largest absolute Gasteiger partial charge is 0.377 e. The highest BCUT2D eigenvalue weighted by molar-refractivity contribution is 6.31. The van der Waals surface area contributed by atoms with Crippen LogP contribution < -0.4 is 11.3 Å². The summed E-state index contributed by atoms with van der Waals surface area (Å²) < 4.78 is 5.52. The summed E-state index contributed by atoms with van der Waals surface area (Å²) in [4.78, 5) is 0. The van der Waals surface area contributed by atoms with Crippen LogP contribution in [0.3, 0.4) is 0 Å². The maximum absolute atomic E-state index is 6.08. The van der Waals surface area contributed by atoms with E-state index >= 15 is 0 Å². The molecule has 1 aromatic carbocycles. The van der Waals surface area contributed by atoms with Crippen molar-refractivity contribution < 1.29 is 4.74 Å². The van der Waals surface area contributed by atoms with Gasteiger partial charge in [0.25, 0.3) is 0 Å². The number of nitrogens with two attached hydrogens (primary N) is 1. The lowest BCUT2D eigenvalue weighted by molar-refractivity contribution is 0.0613. The molecule has 1 unspecified atom stereocenters. The number of rotatable bonds is 6. The van der Waals surface area contributed by atoms with Crippen molar-refractivity contribution in [2.75, 3.05) is 6.61 Å². The van der Waals surface area contributed by atoms with Crippen LogP contribution in [0, 0.1) is 0 Å². The van der Waals surface area contributed by atoms with E-state index in [2.05, 4.69) is 5.43 Å². The summed E-state index contributed by atoms with van der Waals surface area (Å²) in [5, 5.41) is 0.771. The van der Waals surface area contributed by atoms with Gasteiger partial charge >= 0.3 is 0 Å². The third-order valence-corrected chi connectivity index (χ3v) is 2.66. The summed E-state index contributed by atoms with van der Waals surface area (Å²) in [6.07, 6.45) is 0.977. The van der Waals surface area contributed by atoms with Crippen molar-refractivity contribution in [2.45, 2.75) is 32.4 Å². The van der Waals surface area contributed by atoms with Gasteiger partial charge in [-0.25, -0.2) is 0 Å². The third-order valence-electron chi connectivity index (χ3n) is 2.29. The van der Waals surface area contributed by atoms with Gasteiger partial charge in [0.05, 0.1) is 12.7 Å². The molecule has 0 radical (unpaired) electrons. The minimum absolute atomic E-state index is 0.0855. The lowest BCUT2D eigenvalue weighted by Gasteiger charge is -2.18. The molecule has 0 aromatic heterocycles. The Hall–Kier alpha value is -0.610. The first-order chi connectivity index (χ1) is 7.63. The summed E-state index contributed by atoms with van der Waals surface area (Å²) >= 11 is 6.08. The van der Waals surface area contributed by atoms with Gasteiger partial charge in [-0.15, -0.1) is 0 Å². The van der Waals surface area contributed by atoms with Crippen molar-refractivity contribution in [3.63, 3.8) is 0 Å². The fourth-order valence-electron chi connectivity index (χ4n) is 1.40. The number of nitrogens with one attached hydrogen (secondary N) is 1. The van der Waals surface area contributed by atoms with E-state index in [-0.39, 0.29) is 12.1 Å². The molecule has 0 fully saturated rings. The van der Waals surface area contributed by atoms with Crippen molar-refractivity contribution in [1.82, 2.24) is 5.43 Å². The van der Waals surface area contributed by atoms with Gasteiger partial charge in [-0.3, -0.25) is 11.3 Å². The van der Waals surface area contributed by atoms with Gasteiger partial charge in [-0.05, 0) is 31.9 Å². The number of hydrazine groups is 1. The molecule has 1 atom stereocenters. The van der Waals surface area contributed by atoms with Crippen LogP contribution in [0.4, 0.5) is 0 Å². The van der Waals surface area contributed by atoms with E-state index < -0.39 is 0 Å². The number of benzene rings is 1. The van der Waals surface area contributed by atoms with Gasteiger partial charge in [-0.1, -0.05) is 29.8 Å². The van der Waals surface area contributed by atoms with Crippen molar-refractivity contribution in [2.24, 2.45) is 5.84 Å². The molecule has 16 heavy (non-hydrogen) atoms. The third kappa shape index (κ3) is 4.49. The van der Waals surface area contributed by atoms with Crippen LogP contribution in [0.1, 0.15) is 19.4 Å². The van der Waals surface area contributed by atoms with Crippen LogP contribution in [0.15, 0.2) is 24.3 Å². The highest BCUT2D eigenvalue weighted by Crippen LogP contribution is 2.16. The predicted octanol–water partition coefficient (Wildman–Crippen LogP) is 2.14. The predicted molar refractivity (Wildman–Crippen MR) is 67.4 cm³/mol. The molecule has 0 saturated carbocycles. The van der Waals surface area contributed by atoms with Crippen LogP contribution in [0.2, 0.25) is 5.02 Å². The summed E-state index contributed by atoms with van der Waals surface area (Å²) in [5.41, 5.74) is 3.83. The summed E-state index contributed by atoms with van der Waals surface area (Å²) in [6, 6.07) is 7.86. The summed E-state index contributed by atoms with van der Waals surface area (Å²) in [6.45, 7) is 4.59. The first-order valence-corrected chi connectivity index (χ1v) is 5.82. The SMILES string of the molecule is CC(C)OCC(Cc1ccccc1Cl)NN. The Morgan fingerprint density at radius 1 is 1.38 bits per heavy atom. The zero-order valence-electron chi connectivity index (χ0n) is 9.74. The topological polar surface area (TPSA) is 47.3 Å². The molecule has 0 aliphatic carbocycles. The van der Waals surface area contributed by atoms with E-state index in [1.807, 2.05) is 38.1 Å². The Balaban J connectivity index is 2.53. The number of halogens is 1. The molecule has 3 N–H and O–H groups in total. The van der Waals surface area contributed by atoms with Crippen LogP contribution in [-0.2, 0) is 11.2 Å². The lowest BCUT2D eigenvalue weighted by atomic mass is 10.1. The molecule has 4 heteroatoms. The summed E-state index contributed by atoms with van der Waals surface area (Å²) in [7, 11) is 0. The van der Waals surface area contributed by atoms with E-state index in [0.717, 1.165) is 17.0 Å². The number of ether oxygens (including phenoxy) is 1. The van der Waals surface area contributed by atoms with Gasteiger partial charge in [-0.2, -0.15) is 0 Å². The second-order valence-electron chi connectivity index (χ2n) is 4.04. The van der Waals surface area contributed by atoms with Gasteiger partial charge in [0.1, 0.15) is 0 Å². The molecule has 1 rings (SSSR count). The zero-order valence-corrected chi connectivity index (χ0v) is 10.5. The van der Waals surface area contributed by atoms with Crippen molar-refractivity contribution in [3.8, 4) is 0 Å². The van der Waals surface area contributed by atoms with Gasteiger partial charge in [0.2, 0.25) is 0 Å². The Morgan fingerprint density at radius 3 is 2.62 bits per heavy atom. The van der Waals surface area contributed by atoms with Crippen LogP contribution in [-0.4, -0.2) is 18.8 Å². The molecule has 3 nitrogen and oxygen atoms in total. The lowest BCUT2D eigenvalue weighted by Crippen LogP contribution is -2.40. The van der Waals surface area contributed by atoms with Crippen molar-refractivity contribution >= 4 is 11.6 Å². The van der Waals surface area contributed by atoms with Crippen LogP contribution in [0.5, 0.6) is 0 Å². The molecule has 90 valence electrons. The van der Waals surface area contributed by atoms with Gasteiger partial charge in [0.15, 0.2) is 0 Å². The maximum atomic E-state index is 6.08. The minimum Gasteiger partial charge on any atom is -0.377 e. The fraction of sp³-hybridized carbons (Fsp3) is 0.500. The van der Waals surface area contributed by atoms with Gasteiger partial charge in [0, 0.05) is 11.1 Å². The molecular weight excluding hydrogens is 224 g/mol. The number of hydrogen-bond donors (Lipinski definition) is 2. The molecular formula is C12H19ClN2O. The number of hydrogen-bond acceptors (Lipinski definition) is 3. The average Bonchev–Trinajstić information content (AvgIpc) is 2.26. The second kappa shape index (κ2) is 6.86. The summed E-state index contributed by atoms with van der Waals surface area (Å²) in [5.74, 6) is 5.48. The first kappa shape index (κ1) is 13.5. The van der Waals surface area contributed by atoms with E-state index in [1.54, 1.807) is 0 Å². The normalized spacial score (nSPS) is 13.1. The van der Waals surface area contributed by atoms with Crippen LogP contribution >= 0.6 is 11.6 Å². The van der Waals surface area contributed by atoms with Crippen LogP contribution in [0.25, 0.3) is 0 Å². The maximum Gasteiger partial charge on any atom is 0.0639 e.